The fraction of sp³-hybridized carbons (Fsp3) is 0.208. The van der Waals surface area contributed by atoms with E-state index in [9.17, 15) is 4.39 Å². The molecule has 7 heteroatoms. The van der Waals surface area contributed by atoms with Gasteiger partial charge in [0.05, 0.1) is 28.7 Å². The van der Waals surface area contributed by atoms with Crippen LogP contribution in [0.5, 0.6) is 11.5 Å². The van der Waals surface area contributed by atoms with Crippen LogP contribution in [0.1, 0.15) is 23.9 Å². The Morgan fingerprint density at radius 1 is 1.03 bits per heavy atom. The lowest BCUT2D eigenvalue weighted by molar-refractivity contribution is 0.264. The van der Waals surface area contributed by atoms with Gasteiger partial charge < -0.3 is 19.8 Å². The lowest BCUT2D eigenvalue weighted by Gasteiger charge is -2.16. The van der Waals surface area contributed by atoms with Gasteiger partial charge in [0.1, 0.15) is 18.2 Å². The van der Waals surface area contributed by atoms with Crippen molar-refractivity contribution in [1.82, 2.24) is 15.3 Å². The molecular formula is C24H23BrFN3O2. The third-order valence-corrected chi connectivity index (χ3v) is 5.35. The molecule has 0 saturated carbocycles. The highest BCUT2D eigenvalue weighted by Gasteiger charge is 2.14. The molecule has 0 spiro atoms. The summed E-state index contributed by atoms with van der Waals surface area (Å²) in [5.41, 5.74) is 3.51. The monoisotopic (exact) mass is 483 g/mol. The summed E-state index contributed by atoms with van der Waals surface area (Å²) in [6, 6.07) is 18.5. The molecule has 0 bridgehead atoms. The summed E-state index contributed by atoms with van der Waals surface area (Å²) in [5, 5.41) is 3.40. The molecule has 0 saturated heterocycles. The first-order valence-corrected chi connectivity index (χ1v) is 10.9. The highest BCUT2D eigenvalue weighted by Crippen LogP contribution is 2.37. The molecule has 4 aromatic rings. The van der Waals surface area contributed by atoms with Gasteiger partial charge in [0.2, 0.25) is 0 Å². The summed E-state index contributed by atoms with van der Waals surface area (Å²) in [4.78, 5) is 7.89. The minimum atomic E-state index is -0.289. The quantitative estimate of drug-likeness (QED) is 0.319. The summed E-state index contributed by atoms with van der Waals surface area (Å²) in [7, 11) is 0. The molecule has 0 unspecified atom stereocenters. The van der Waals surface area contributed by atoms with Crippen LogP contribution in [0.15, 0.2) is 65.1 Å². The van der Waals surface area contributed by atoms with Crippen molar-refractivity contribution in [3.63, 3.8) is 0 Å². The van der Waals surface area contributed by atoms with Gasteiger partial charge in [-0.25, -0.2) is 9.37 Å². The van der Waals surface area contributed by atoms with E-state index >= 15 is 0 Å². The van der Waals surface area contributed by atoms with Crippen LogP contribution in [0.3, 0.4) is 0 Å². The molecule has 0 aliphatic heterocycles. The number of halogens is 2. The molecule has 0 atom stereocenters. The number of imidazole rings is 1. The molecule has 0 aliphatic rings. The number of nitrogens with zero attached hydrogens (tertiary/aromatic N) is 1. The number of H-pyrrole nitrogens is 1. The van der Waals surface area contributed by atoms with Crippen LogP contribution in [-0.4, -0.2) is 16.6 Å². The maximum atomic E-state index is 13.9. The first-order valence-electron chi connectivity index (χ1n) is 10.1. The third kappa shape index (κ3) is 5.24. The summed E-state index contributed by atoms with van der Waals surface area (Å²) < 4.78 is 26.4. The van der Waals surface area contributed by atoms with Crippen molar-refractivity contribution in [2.45, 2.75) is 26.6 Å². The Morgan fingerprint density at radius 3 is 2.65 bits per heavy atom. The lowest BCUT2D eigenvalue weighted by Crippen LogP contribution is -2.14. The fourth-order valence-corrected chi connectivity index (χ4v) is 3.91. The average molecular weight is 484 g/mol. The Balaban J connectivity index is 1.43. The Hall–Kier alpha value is -2.90. The maximum absolute atomic E-state index is 13.9. The second kappa shape index (κ2) is 9.94. The zero-order valence-corrected chi connectivity index (χ0v) is 18.7. The number of ether oxygens (including phenoxy) is 2. The van der Waals surface area contributed by atoms with E-state index in [4.69, 9.17) is 9.47 Å². The van der Waals surface area contributed by atoms with E-state index in [0.717, 1.165) is 26.9 Å². The number of rotatable bonds is 9. The van der Waals surface area contributed by atoms with Gasteiger partial charge in [-0.2, -0.15) is 0 Å². The van der Waals surface area contributed by atoms with Crippen LogP contribution in [0.2, 0.25) is 0 Å². The van der Waals surface area contributed by atoms with Crippen molar-refractivity contribution in [2.75, 3.05) is 6.61 Å². The SMILES string of the molecule is CCOc1cc(CNCc2nc3ccccc3[nH]2)cc(Br)c1OCc1ccccc1F. The van der Waals surface area contributed by atoms with Crippen LogP contribution in [0.25, 0.3) is 11.0 Å². The summed E-state index contributed by atoms with van der Waals surface area (Å²) in [6.45, 7) is 3.78. The Labute approximate surface area is 188 Å². The first-order chi connectivity index (χ1) is 15.1. The van der Waals surface area contributed by atoms with Gasteiger partial charge in [-0.05, 0) is 58.7 Å². The second-order valence-corrected chi connectivity index (χ2v) is 7.88. The van der Waals surface area contributed by atoms with E-state index < -0.39 is 0 Å². The molecular weight excluding hydrogens is 461 g/mol. The molecule has 5 nitrogen and oxygen atoms in total. The third-order valence-electron chi connectivity index (χ3n) is 4.76. The van der Waals surface area contributed by atoms with Gasteiger partial charge in [-0.1, -0.05) is 30.3 Å². The van der Waals surface area contributed by atoms with Crippen LogP contribution in [0, 0.1) is 5.82 Å². The molecule has 1 aromatic heterocycles. The number of benzene rings is 3. The number of aromatic nitrogens is 2. The van der Waals surface area contributed by atoms with E-state index in [1.807, 2.05) is 43.3 Å². The molecule has 0 fully saturated rings. The molecule has 31 heavy (non-hydrogen) atoms. The predicted octanol–water partition coefficient (Wildman–Crippen LogP) is 5.73. The van der Waals surface area contributed by atoms with Gasteiger partial charge in [0.25, 0.3) is 0 Å². The number of para-hydroxylation sites is 2. The smallest absolute Gasteiger partial charge is 0.175 e. The van der Waals surface area contributed by atoms with E-state index in [1.165, 1.54) is 6.07 Å². The fourth-order valence-electron chi connectivity index (χ4n) is 3.31. The zero-order valence-electron chi connectivity index (χ0n) is 17.1. The Bertz CT molecular complexity index is 1150. The summed E-state index contributed by atoms with van der Waals surface area (Å²) >= 11 is 3.58. The van der Waals surface area contributed by atoms with E-state index in [0.29, 0.717) is 36.8 Å². The standard InChI is InChI=1S/C24H23BrFN3O2/c1-2-30-22-12-16(13-27-14-23-28-20-9-5-6-10-21(20)29-23)11-18(25)24(22)31-15-17-7-3-4-8-19(17)26/h3-12,27H,2,13-15H2,1H3,(H,28,29). The molecule has 3 aromatic carbocycles. The molecule has 0 amide bonds. The maximum Gasteiger partial charge on any atom is 0.175 e. The molecule has 0 aliphatic carbocycles. The van der Waals surface area contributed by atoms with E-state index in [-0.39, 0.29) is 12.4 Å². The molecule has 160 valence electrons. The number of hydrogen-bond acceptors (Lipinski definition) is 4. The van der Waals surface area contributed by atoms with Gasteiger partial charge in [0, 0.05) is 12.1 Å². The highest BCUT2D eigenvalue weighted by atomic mass is 79.9. The number of aromatic amines is 1. The summed E-state index contributed by atoms with van der Waals surface area (Å²) in [6.07, 6.45) is 0. The number of nitrogens with one attached hydrogen (secondary N) is 2. The highest BCUT2D eigenvalue weighted by molar-refractivity contribution is 9.10. The van der Waals surface area contributed by atoms with Crippen LogP contribution >= 0.6 is 15.9 Å². The van der Waals surface area contributed by atoms with Crippen molar-refractivity contribution in [2.24, 2.45) is 0 Å². The van der Waals surface area contributed by atoms with Gasteiger partial charge in [-0.15, -0.1) is 0 Å². The van der Waals surface area contributed by atoms with Crippen LogP contribution in [0.4, 0.5) is 4.39 Å². The average Bonchev–Trinajstić information content (AvgIpc) is 3.17. The second-order valence-electron chi connectivity index (χ2n) is 7.02. The molecule has 1 heterocycles. The normalized spacial score (nSPS) is 11.1. The minimum Gasteiger partial charge on any atom is -0.490 e. The number of fused-ring (bicyclic) bond motifs is 1. The Morgan fingerprint density at radius 2 is 1.84 bits per heavy atom. The lowest BCUT2D eigenvalue weighted by atomic mass is 10.2. The first kappa shape index (κ1) is 21.3. The van der Waals surface area contributed by atoms with E-state index in [2.05, 4.69) is 31.2 Å². The molecule has 0 radical (unpaired) electrons. The van der Waals surface area contributed by atoms with Crippen LogP contribution < -0.4 is 14.8 Å². The van der Waals surface area contributed by atoms with Crippen LogP contribution in [-0.2, 0) is 19.7 Å². The zero-order chi connectivity index (χ0) is 21.6. The molecule has 4 rings (SSSR count). The van der Waals surface area contributed by atoms with Crippen molar-refractivity contribution < 1.29 is 13.9 Å². The summed E-state index contributed by atoms with van der Waals surface area (Å²) in [5.74, 6) is 1.78. The minimum absolute atomic E-state index is 0.120. The van der Waals surface area contributed by atoms with Gasteiger partial charge >= 0.3 is 0 Å². The van der Waals surface area contributed by atoms with Crippen molar-refractivity contribution in [1.29, 1.82) is 0 Å². The van der Waals surface area contributed by atoms with Gasteiger partial charge in [-0.3, -0.25) is 0 Å². The predicted molar refractivity (Wildman–Crippen MR) is 123 cm³/mol. The van der Waals surface area contributed by atoms with Gasteiger partial charge in [0.15, 0.2) is 11.5 Å². The van der Waals surface area contributed by atoms with Crippen molar-refractivity contribution in [3.8, 4) is 11.5 Å². The molecule has 2 N–H and O–H groups in total. The largest absolute Gasteiger partial charge is 0.490 e. The number of hydrogen-bond donors (Lipinski definition) is 2. The topological polar surface area (TPSA) is 59.2 Å². The van der Waals surface area contributed by atoms with E-state index in [1.54, 1.807) is 18.2 Å². The van der Waals surface area contributed by atoms with Crippen molar-refractivity contribution >= 4 is 27.0 Å². The van der Waals surface area contributed by atoms with Crippen molar-refractivity contribution in [3.05, 3.63) is 87.9 Å². The Kier molecular flexibility index (Phi) is 6.84.